The van der Waals surface area contributed by atoms with Crippen molar-refractivity contribution in [3.8, 4) is 6.07 Å². The van der Waals surface area contributed by atoms with Crippen molar-refractivity contribution in [1.29, 1.82) is 5.26 Å². The molecule has 2 N–H and O–H groups in total. The van der Waals surface area contributed by atoms with Crippen molar-refractivity contribution in [3.63, 3.8) is 0 Å². The molecule has 0 aliphatic rings. The Labute approximate surface area is 180 Å². The number of aromatic amines is 1. The van der Waals surface area contributed by atoms with Crippen LogP contribution >= 0.6 is 23.1 Å². The first-order valence-corrected chi connectivity index (χ1v) is 11.6. The van der Waals surface area contributed by atoms with Gasteiger partial charge in [0.2, 0.25) is 5.91 Å². The molecule has 3 atom stereocenters. The molecule has 0 radical (unpaired) electrons. The first-order chi connectivity index (χ1) is 13.5. The fourth-order valence-corrected chi connectivity index (χ4v) is 4.74. The number of hydrogen-bond donors (Lipinski definition) is 2. The van der Waals surface area contributed by atoms with E-state index in [4.69, 9.17) is 0 Å². The molecule has 8 heteroatoms. The van der Waals surface area contributed by atoms with E-state index in [0.29, 0.717) is 21.3 Å². The van der Waals surface area contributed by atoms with Crippen molar-refractivity contribution in [1.82, 2.24) is 15.3 Å². The number of aryl methyl sites for hydroxylation is 1. The maximum absolute atomic E-state index is 12.8. The second kappa shape index (κ2) is 9.31. The van der Waals surface area contributed by atoms with E-state index >= 15 is 0 Å². The Bertz CT molecular complexity index is 989. The summed E-state index contributed by atoms with van der Waals surface area (Å²) in [4.78, 5) is 34.6. The van der Waals surface area contributed by atoms with Crippen LogP contribution in [0.3, 0.4) is 0 Å². The number of nitrogens with zero attached hydrogens (tertiary/aromatic N) is 2. The van der Waals surface area contributed by atoms with Crippen LogP contribution in [0.1, 0.15) is 58.4 Å². The van der Waals surface area contributed by atoms with Crippen molar-refractivity contribution < 1.29 is 4.79 Å². The number of amides is 1. The Morgan fingerprint density at radius 3 is 2.59 bits per heavy atom. The van der Waals surface area contributed by atoms with Gasteiger partial charge in [0.1, 0.15) is 10.4 Å². The van der Waals surface area contributed by atoms with Crippen LogP contribution in [0.4, 0.5) is 0 Å². The summed E-state index contributed by atoms with van der Waals surface area (Å²) in [6, 6.07) is 2.18. The third kappa shape index (κ3) is 5.20. The summed E-state index contributed by atoms with van der Waals surface area (Å²) in [5.41, 5.74) is -0.0131. The monoisotopic (exact) mass is 434 g/mol. The van der Waals surface area contributed by atoms with Crippen LogP contribution in [-0.2, 0) is 11.2 Å². The minimum atomic E-state index is -0.938. The minimum absolute atomic E-state index is 0.0269. The summed E-state index contributed by atoms with van der Waals surface area (Å²) < 4.78 is 0. The number of fused-ring (bicyclic) bond motifs is 1. The normalized spacial score (nSPS) is 15.7. The largest absolute Gasteiger partial charge is 0.337 e. The van der Waals surface area contributed by atoms with E-state index in [2.05, 4.69) is 35.2 Å². The second-order valence-corrected chi connectivity index (χ2v) is 10.7. The minimum Gasteiger partial charge on any atom is -0.337 e. The molecule has 0 aliphatic carbocycles. The number of aromatic nitrogens is 2. The molecular formula is C21H30N4O2S2. The summed E-state index contributed by atoms with van der Waals surface area (Å²) >= 11 is 2.72. The van der Waals surface area contributed by atoms with Gasteiger partial charge in [-0.2, -0.15) is 5.26 Å². The Balaban J connectivity index is 2.26. The van der Waals surface area contributed by atoms with E-state index < -0.39 is 10.8 Å². The van der Waals surface area contributed by atoms with Gasteiger partial charge in [0.25, 0.3) is 5.56 Å². The summed E-state index contributed by atoms with van der Waals surface area (Å²) in [7, 11) is 0. The van der Waals surface area contributed by atoms with Crippen LogP contribution in [0.5, 0.6) is 0 Å². The molecule has 0 aliphatic heterocycles. The quantitative estimate of drug-likeness (QED) is 0.473. The predicted molar refractivity (Wildman–Crippen MR) is 120 cm³/mol. The lowest BCUT2D eigenvalue weighted by Gasteiger charge is -2.28. The predicted octanol–water partition coefficient (Wildman–Crippen LogP) is 4.42. The molecule has 158 valence electrons. The standard InChI is InChI=1S/C21H30N4O2S2/c1-8-12(4)9-15-13(5)28-19-16(15)18(27)23-20(24-19)29-14(6)17(26)25-21(7,10-22)11(2)3/h11-12,14H,8-9H2,1-7H3,(H,25,26)(H,23,24,27). The average Bonchev–Trinajstić information content (AvgIpc) is 2.96. The molecular weight excluding hydrogens is 404 g/mol. The molecule has 0 spiro atoms. The third-order valence-electron chi connectivity index (χ3n) is 5.52. The first-order valence-electron chi connectivity index (χ1n) is 9.94. The SMILES string of the molecule is CCC(C)Cc1c(C)sc2nc(SC(C)C(=O)NC(C)(C#N)C(C)C)[nH]c(=O)c12. The highest BCUT2D eigenvalue weighted by Gasteiger charge is 2.32. The first kappa shape index (κ1) is 23.4. The van der Waals surface area contributed by atoms with Crippen LogP contribution in [0.15, 0.2) is 9.95 Å². The molecule has 0 aromatic carbocycles. The molecule has 6 nitrogen and oxygen atoms in total. The molecule has 2 heterocycles. The van der Waals surface area contributed by atoms with Gasteiger partial charge in [-0.15, -0.1) is 11.3 Å². The maximum atomic E-state index is 12.8. The highest BCUT2D eigenvalue weighted by molar-refractivity contribution is 8.00. The number of hydrogen-bond acceptors (Lipinski definition) is 6. The summed E-state index contributed by atoms with van der Waals surface area (Å²) in [5, 5.41) is 12.8. The number of carbonyl (C=O) groups is 1. The maximum Gasteiger partial charge on any atom is 0.260 e. The summed E-state index contributed by atoms with van der Waals surface area (Å²) in [6.45, 7) is 13.6. The van der Waals surface area contributed by atoms with E-state index in [1.165, 1.54) is 23.1 Å². The second-order valence-electron chi connectivity index (χ2n) is 8.12. The number of thiophene rings is 1. The van der Waals surface area contributed by atoms with Crippen molar-refractivity contribution in [2.24, 2.45) is 11.8 Å². The highest BCUT2D eigenvalue weighted by atomic mass is 32.2. The number of nitrogens with one attached hydrogen (secondary N) is 2. The van der Waals surface area contributed by atoms with E-state index in [-0.39, 0.29) is 17.4 Å². The van der Waals surface area contributed by atoms with Crippen LogP contribution in [-0.4, -0.2) is 26.7 Å². The molecule has 3 unspecified atom stereocenters. The van der Waals surface area contributed by atoms with E-state index in [9.17, 15) is 14.9 Å². The fraction of sp³-hybridized carbons (Fsp3) is 0.619. The zero-order valence-corrected chi connectivity index (χ0v) is 19.8. The zero-order chi connectivity index (χ0) is 21.9. The summed E-state index contributed by atoms with van der Waals surface area (Å²) in [6.07, 6.45) is 1.92. The molecule has 2 aromatic rings. The number of thioether (sulfide) groups is 1. The van der Waals surface area contributed by atoms with Gasteiger partial charge in [-0.05, 0) is 44.6 Å². The van der Waals surface area contributed by atoms with Crippen LogP contribution in [0.25, 0.3) is 10.2 Å². The fourth-order valence-electron chi connectivity index (χ4n) is 2.83. The highest BCUT2D eigenvalue weighted by Crippen LogP contribution is 2.31. The van der Waals surface area contributed by atoms with Gasteiger partial charge in [0.15, 0.2) is 5.16 Å². The third-order valence-corrected chi connectivity index (χ3v) is 7.54. The Morgan fingerprint density at radius 2 is 2.03 bits per heavy atom. The zero-order valence-electron chi connectivity index (χ0n) is 18.2. The molecule has 0 saturated heterocycles. The molecule has 1 amide bonds. The van der Waals surface area contributed by atoms with Crippen molar-refractivity contribution in [3.05, 3.63) is 20.8 Å². The Kier molecular flexibility index (Phi) is 7.52. The lowest BCUT2D eigenvalue weighted by atomic mass is 9.90. The van der Waals surface area contributed by atoms with E-state index in [1.807, 2.05) is 20.8 Å². The number of carbonyl (C=O) groups excluding carboxylic acids is 1. The molecule has 0 saturated carbocycles. The van der Waals surface area contributed by atoms with Crippen LogP contribution in [0, 0.1) is 30.1 Å². The number of rotatable bonds is 8. The van der Waals surface area contributed by atoms with Gasteiger partial charge < -0.3 is 10.3 Å². The van der Waals surface area contributed by atoms with Gasteiger partial charge in [-0.3, -0.25) is 9.59 Å². The van der Waals surface area contributed by atoms with Crippen molar-refractivity contribution in [2.75, 3.05) is 0 Å². The van der Waals surface area contributed by atoms with E-state index in [0.717, 1.165) is 23.3 Å². The van der Waals surface area contributed by atoms with Gasteiger partial charge >= 0.3 is 0 Å². The van der Waals surface area contributed by atoms with Gasteiger partial charge in [0, 0.05) is 4.88 Å². The Morgan fingerprint density at radius 1 is 1.38 bits per heavy atom. The lowest BCUT2D eigenvalue weighted by molar-refractivity contribution is -0.121. The van der Waals surface area contributed by atoms with Gasteiger partial charge in [0.05, 0.1) is 16.7 Å². The average molecular weight is 435 g/mol. The molecule has 2 aromatic heterocycles. The number of H-pyrrole nitrogens is 1. The van der Waals surface area contributed by atoms with Gasteiger partial charge in [-0.25, -0.2) is 4.98 Å². The summed E-state index contributed by atoms with van der Waals surface area (Å²) in [5.74, 6) is 0.218. The molecule has 0 fully saturated rings. The van der Waals surface area contributed by atoms with Gasteiger partial charge in [-0.1, -0.05) is 45.9 Å². The van der Waals surface area contributed by atoms with Crippen LogP contribution in [0.2, 0.25) is 0 Å². The van der Waals surface area contributed by atoms with E-state index in [1.54, 1.807) is 13.8 Å². The van der Waals surface area contributed by atoms with Crippen molar-refractivity contribution >= 4 is 39.2 Å². The smallest absolute Gasteiger partial charge is 0.260 e. The number of nitriles is 1. The molecule has 2 rings (SSSR count). The lowest BCUT2D eigenvalue weighted by Crippen LogP contribution is -2.51. The Hall–Kier alpha value is -1.85. The van der Waals surface area contributed by atoms with Crippen LogP contribution < -0.4 is 10.9 Å². The molecule has 0 bridgehead atoms. The topological polar surface area (TPSA) is 98.6 Å². The molecule has 29 heavy (non-hydrogen) atoms. The van der Waals surface area contributed by atoms with Crippen molar-refractivity contribution in [2.45, 2.75) is 77.3 Å².